The SMILES string of the molecule is CC[C@H](C)C(CSC(C)(Cc1ccccc1)C(=O)N[C@H](CCO)C(=O)O)NCC(N)CS. The number of carboxylic acid groups (broad SMARTS) is 1. The van der Waals surface area contributed by atoms with Gasteiger partial charge >= 0.3 is 5.97 Å². The summed E-state index contributed by atoms with van der Waals surface area (Å²) in [4.78, 5) is 24.8. The van der Waals surface area contributed by atoms with Crippen LogP contribution in [-0.4, -0.2) is 69.6 Å². The van der Waals surface area contributed by atoms with Crippen LogP contribution in [0.4, 0.5) is 0 Å². The summed E-state index contributed by atoms with van der Waals surface area (Å²) in [5.41, 5.74) is 7.02. The summed E-state index contributed by atoms with van der Waals surface area (Å²) in [5.74, 6) is 0.132. The number of amides is 1. The van der Waals surface area contributed by atoms with Gasteiger partial charge in [0.05, 0.1) is 4.75 Å². The normalized spacial score (nSPS) is 17.1. The summed E-state index contributed by atoms with van der Waals surface area (Å²) in [7, 11) is 0. The quantitative estimate of drug-likeness (QED) is 0.198. The number of aliphatic hydroxyl groups excluding tert-OH is 1. The zero-order chi connectivity index (χ0) is 24.1. The number of hydrogen-bond donors (Lipinski definition) is 6. The van der Waals surface area contributed by atoms with Crippen LogP contribution >= 0.6 is 24.4 Å². The molecular formula is C23H39N3O4S2. The molecule has 0 heterocycles. The Morgan fingerprint density at radius 1 is 1.28 bits per heavy atom. The molecular weight excluding hydrogens is 446 g/mol. The molecule has 1 rings (SSSR count). The van der Waals surface area contributed by atoms with E-state index in [0.717, 1.165) is 12.0 Å². The van der Waals surface area contributed by atoms with Crippen molar-refractivity contribution in [1.29, 1.82) is 0 Å². The topological polar surface area (TPSA) is 125 Å². The van der Waals surface area contributed by atoms with Crippen molar-refractivity contribution in [2.45, 2.75) is 62.9 Å². The first-order valence-corrected chi connectivity index (χ1v) is 12.7. The first-order chi connectivity index (χ1) is 15.2. The van der Waals surface area contributed by atoms with Crippen LogP contribution in [0.25, 0.3) is 0 Å². The summed E-state index contributed by atoms with van der Waals surface area (Å²) in [6, 6.07) is 8.66. The second kappa shape index (κ2) is 14.8. The van der Waals surface area contributed by atoms with Crippen LogP contribution in [0.5, 0.6) is 0 Å². The van der Waals surface area contributed by atoms with Crippen molar-refractivity contribution >= 4 is 36.3 Å². The minimum Gasteiger partial charge on any atom is -0.480 e. The summed E-state index contributed by atoms with van der Waals surface area (Å²) in [5, 5.41) is 24.8. The summed E-state index contributed by atoms with van der Waals surface area (Å²) >= 11 is 5.77. The van der Waals surface area contributed by atoms with E-state index in [1.807, 2.05) is 37.3 Å². The van der Waals surface area contributed by atoms with E-state index in [4.69, 9.17) is 5.73 Å². The van der Waals surface area contributed by atoms with Crippen LogP contribution in [0.1, 0.15) is 39.2 Å². The Balaban J connectivity index is 3.04. The Kier molecular flexibility index (Phi) is 13.3. The number of benzene rings is 1. The van der Waals surface area contributed by atoms with E-state index in [-0.39, 0.29) is 31.0 Å². The summed E-state index contributed by atoms with van der Waals surface area (Å²) in [6.45, 7) is 6.47. The maximum Gasteiger partial charge on any atom is 0.326 e. The van der Waals surface area contributed by atoms with Gasteiger partial charge in [-0.2, -0.15) is 12.6 Å². The number of aliphatic carboxylic acids is 1. The number of rotatable bonds is 16. The highest BCUT2D eigenvalue weighted by atomic mass is 32.2. The maximum atomic E-state index is 13.3. The third kappa shape index (κ3) is 9.70. The van der Waals surface area contributed by atoms with Gasteiger partial charge < -0.3 is 26.6 Å². The number of aliphatic hydroxyl groups is 1. The van der Waals surface area contributed by atoms with Gasteiger partial charge in [0.1, 0.15) is 6.04 Å². The van der Waals surface area contributed by atoms with E-state index in [1.54, 1.807) is 0 Å². The average molecular weight is 486 g/mol. The molecule has 9 heteroatoms. The molecule has 0 spiro atoms. The standard InChI is InChI=1S/C23H39N3O4S2/c1-4-16(2)20(25-13-18(24)14-31)15-32-23(3,12-17-8-6-5-7-9-17)22(30)26-19(10-11-27)21(28)29/h5-9,16,18-20,25,27,31H,4,10-15,24H2,1-3H3,(H,26,30)(H,28,29)/t16-,18?,19+,20?,23?/m0/s1. The predicted octanol–water partition coefficient (Wildman–Crippen LogP) is 1.93. The molecule has 182 valence electrons. The van der Waals surface area contributed by atoms with Crippen LogP contribution in [0, 0.1) is 5.92 Å². The lowest BCUT2D eigenvalue weighted by molar-refractivity contribution is -0.142. The zero-order valence-corrected chi connectivity index (χ0v) is 21.0. The minimum atomic E-state index is -1.15. The number of carboxylic acids is 1. The van der Waals surface area contributed by atoms with Crippen molar-refractivity contribution in [3.63, 3.8) is 0 Å². The highest BCUT2D eigenvalue weighted by Crippen LogP contribution is 2.32. The monoisotopic (exact) mass is 485 g/mol. The van der Waals surface area contributed by atoms with Gasteiger partial charge in [0.15, 0.2) is 0 Å². The van der Waals surface area contributed by atoms with Gasteiger partial charge in [0.2, 0.25) is 5.91 Å². The smallest absolute Gasteiger partial charge is 0.326 e. The number of thioether (sulfide) groups is 1. The van der Waals surface area contributed by atoms with E-state index in [9.17, 15) is 19.8 Å². The van der Waals surface area contributed by atoms with E-state index in [0.29, 0.717) is 30.4 Å². The molecule has 0 saturated carbocycles. The molecule has 7 nitrogen and oxygen atoms in total. The summed E-state index contributed by atoms with van der Waals surface area (Å²) in [6.07, 6.45) is 1.40. The third-order valence-corrected chi connectivity index (χ3v) is 7.64. The van der Waals surface area contributed by atoms with Crippen LogP contribution < -0.4 is 16.4 Å². The molecule has 0 radical (unpaired) electrons. The van der Waals surface area contributed by atoms with E-state index in [2.05, 4.69) is 37.1 Å². The molecule has 1 amide bonds. The number of nitrogens with two attached hydrogens (primary N) is 1. The van der Waals surface area contributed by atoms with Crippen LogP contribution in [0.2, 0.25) is 0 Å². The second-order valence-electron chi connectivity index (χ2n) is 8.42. The number of carbonyl (C=O) groups excluding carboxylic acids is 1. The predicted molar refractivity (Wildman–Crippen MR) is 135 cm³/mol. The number of carbonyl (C=O) groups is 2. The minimum absolute atomic E-state index is 0.0359. The fourth-order valence-electron chi connectivity index (χ4n) is 3.23. The molecule has 3 unspecified atom stereocenters. The van der Waals surface area contributed by atoms with E-state index < -0.39 is 16.8 Å². The van der Waals surface area contributed by atoms with Gasteiger partial charge in [-0.3, -0.25) is 4.79 Å². The average Bonchev–Trinajstić information content (AvgIpc) is 2.78. The van der Waals surface area contributed by atoms with Crippen LogP contribution in [0.15, 0.2) is 30.3 Å². The fraction of sp³-hybridized carbons (Fsp3) is 0.652. The Hall–Kier alpha value is -1.26. The van der Waals surface area contributed by atoms with Gasteiger partial charge in [-0.25, -0.2) is 4.79 Å². The van der Waals surface area contributed by atoms with Crippen molar-refractivity contribution in [3.05, 3.63) is 35.9 Å². The van der Waals surface area contributed by atoms with Crippen LogP contribution in [-0.2, 0) is 16.0 Å². The molecule has 0 aliphatic carbocycles. The number of thiol groups is 1. The zero-order valence-electron chi connectivity index (χ0n) is 19.3. The lowest BCUT2D eigenvalue weighted by Gasteiger charge is -2.33. The van der Waals surface area contributed by atoms with Gasteiger partial charge in [-0.05, 0) is 24.8 Å². The lowest BCUT2D eigenvalue weighted by Crippen LogP contribution is -2.52. The van der Waals surface area contributed by atoms with E-state index >= 15 is 0 Å². The van der Waals surface area contributed by atoms with Gasteiger partial charge in [0.25, 0.3) is 0 Å². The Morgan fingerprint density at radius 2 is 1.94 bits per heavy atom. The number of hydrogen-bond acceptors (Lipinski definition) is 7. The lowest BCUT2D eigenvalue weighted by atomic mass is 9.98. The van der Waals surface area contributed by atoms with Crippen molar-refractivity contribution < 1.29 is 19.8 Å². The van der Waals surface area contributed by atoms with Gasteiger partial charge in [-0.1, -0.05) is 50.6 Å². The van der Waals surface area contributed by atoms with Crippen molar-refractivity contribution in [3.8, 4) is 0 Å². The largest absolute Gasteiger partial charge is 0.480 e. The van der Waals surface area contributed by atoms with Gasteiger partial charge in [-0.15, -0.1) is 11.8 Å². The highest BCUT2D eigenvalue weighted by Gasteiger charge is 2.37. The summed E-state index contributed by atoms with van der Waals surface area (Å²) < 4.78 is -0.885. The second-order valence-corrected chi connectivity index (χ2v) is 10.3. The van der Waals surface area contributed by atoms with Crippen molar-refractivity contribution in [2.24, 2.45) is 11.7 Å². The first kappa shape index (κ1) is 28.8. The molecule has 1 aromatic carbocycles. The molecule has 0 saturated heterocycles. The van der Waals surface area contributed by atoms with Gasteiger partial charge in [0, 0.05) is 43.2 Å². The van der Waals surface area contributed by atoms with Crippen LogP contribution in [0.3, 0.4) is 0 Å². The Labute approximate surface area is 201 Å². The molecule has 0 aromatic heterocycles. The molecule has 0 bridgehead atoms. The molecule has 5 atom stereocenters. The van der Waals surface area contributed by atoms with Crippen molar-refractivity contribution in [2.75, 3.05) is 24.7 Å². The third-order valence-electron chi connectivity index (χ3n) is 5.67. The number of nitrogens with one attached hydrogen (secondary N) is 2. The maximum absolute atomic E-state index is 13.3. The molecule has 6 N–H and O–H groups in total. The highest BCUT2D eigenvalue weighted by molar-refractivity contribution is 8.01. The molecule has 1 aromatic rings. The first-order valence-electron chi connectivity index (χ1n) is 11.1. The molecule has 0 aliphatic rings. The fourth-order valence-corrected chi connectivity index (χ4v) is 4.81. The Morgan fingerprint density at radius 3 is 2.47 bits per heavy atom. The molecule has 0 aliphatic heterocycles. The Bertz CT molecular complexity index is 695. The molecule has 32 heavy (non-hydrogen) atoms. The van der Waals surface area contributed by atoms with Crippen molar-refractivity contribution in [1.82, 2.24) is 10.6 Å². The van der Waals surface area contributed by atoms with E-state index in [1.165, 1.54) is 11.8 Å². The molecule has 0 fully saturated rings.